The molecule has 0 aromatic rings. The molecule has 6 nitrogen and oxygen atoms in total. The smallest absolute Gasteiger partial charge is 0.261 e. The molecular formula is C6H9Cl3N4O2. The van der Waals surface area contributed by atoms with Gasteiger partial charge in [0.15, 0.2) is 0 Å². The van der Waals surface area contributed by atoms with Crippen LogP contribution >= 0.6 is 34.8 Å². The highest BCUT2D eigenvalue weighted by Gasteiger charge is 2.48. The normalized spacial score (nSPS) is 21.6. The van der Waals surface area contributed by atoms with E-state index in [9.17, 15) is 10.1 Å². The monoisotopic (exact) mass is 274 g/mol. The van der Waals surface area contributed by atoms with Gasteiger partial charge < -0.3 is 0 Å². The summed E-state index contributed by atoms with van der Waals surface area (Å²) in [5.74, 6) is 0. The van der Waals surface area contributed by atoms with Crippen LogP contribution in [0.2, 0.25) is 0 Å². The van der Waals surface area contributed by atoms with Gasteiger partial charge in [-0.05, 0) is 13.8 Å². The van der Waals surface area contributed by atoms with E-state index in [1.807, 2.05) is 0 Å². The summed E-state index contributed by atoms with van der Waals surface area (Å²) >= 11 is 16.7. The van der Waals surface area contributed by atoms with Gasteiger partial charge in [0.25, 0.3) is 3.92 Å². The fourth-order valence-corrected chi connectivity index (χ4v) is 1.55. The van der Waals surface area contributed by atoms with Gasteiger partial charge in [0.1, 0.15) is 6.34 Å². The van der Waals surface area contributed by atoms with Gasteiger partial charge in [0.05, 0.1) is 11.0 Å². The molecule has 0 radical (unpaired) electrons. The van der Waals surface area contributed by atoms with Gasteiger partial charge in [0, 0.05) is 0 Å². The predicted molar refractivity (Wildman–Crippen MR) is 58.4 cm³/mol. The second kappa shape index (κ2) is 4.19. The number of halogens is 3. The zero-order valence-electron chi connectivity index (χ0n) is 7.97. The van der Waals surface area contributed by atoms with E-state index in [0.717, 1.165) is 11.2 Å². The minimum atomic E-state index is -1.88. The fourth-order valence-electron chi connectivity index (χ4n) is 1.16. The first kappa shape index (κ1) is 12.6. The summed E-state index contributed by atoms with van der Waals surface area (Å²) in [5, 5.41) is 15.9. The van der Waals surface area contributed by atoms with Crippen LogP contribution in [-0.2, 0) is 0 Å². The SMILES string of the molecule is CC(C)N1N=CN(C(Cl)(Cl)Cl)C1[N+](=O)[O-]. The zero-order chi connectivity index (χ0) is 11.8. The molecule has 86 valence electrons. The number of hydrogen-bond acceptors (Lipinski definition) is 5. The second-order valence-electron chi connectivity index (χ2n) is 3.21. The Bertz CT molecular complexity index is 291. The summed E-state index contributed by atoms with van der Waals surface area (Å²) in [6.45, 7) is 3.52. The second-order valence-corrected chi connectivity index (χ2v) is 5.43. The molecule has 0 spiro atoms. The third-order valence-electron chi connectivity index (χ3n) is 1.81. The molecule has 1 unspecified atom stereocenters. The molecule has 1 aliphatic rings. The molecule has 1 rings (SSSR count). The summed E-state index contributed by atoms with van der Waals surface area (Å²) in [4.78, 5) is 11.2. The predicted octanol–water partition coefficient (Wildman–Crippen LogP) is 1.84. The minimum absolute atomic E-state index is 0.158. The van der Waals surface area contributed by atoms with E-state index in [0.29, 0.717) is 0 Å². The van der Waals surface area contributed by atoms with Crippen molar-refractivity contribution >= 4 is 41.1 Å². The summed E-state index contributed by atoms with van der Waals surface area (Å²) < 4.78 is -1.88. The van der Waals surface area contributed by atoms with Crippen molar-refractivity contribution in [1.29, 1.82) is 0 Å². The van der Waals surface area contributed by atoms with Gasteiger partial charge in [-0.3, -0.25) is 10.1 Å². The van der Waals surface area contributed by atoms with Gasteiger partial charge >= 0.3 is 6.29 Å². The van der Waals surface area contributed by atoms with Crippen LogP contribution in [-0.4, -0.2) is 37.4 Å². The molecule has 9 heteroatoms. The van der Waals surface area contributed by atoms with Crippen LogP contribution < -0.4 is 0 Å². The molecule has 0 N–H and O–H groups in total. The molecule has 0 amide bonds. The molecule has 1 atom stereocenters. The molecule has 0 saturated carbocycles. The molecule has 15 heavy (non-hydrogen) atoms. The average molecular weight is 276 g/mol. The van der Waals surface area contributed by atoms with Crippen molar-refractivity contribution in [2.75, 3.05) is 0 Å². The van der Waals surface area contributed by atoms with Gasteiger partial charge in [0.2, 0.25) is 0 Å². The highest BCUT2D eigenvalue weighted by atomic mass is 35.6. The molecule has 0 aliphatic carbocycles. The van der Waals surface area contributed by atoms with Crippen molar-refractivity contribution in [3.05, 3.63) is 10.1 Å². The first-order valence-corrected chi connectivity index (χ1v) is 5.19. The number of nitro groups is 1. The zero-order valence-corrected chi connectivity index (χ0v) is 10.2. The van der Waals surface area contributed by atoms with E-state index in [-0.39, 0.29) is 6.04 Å². The van der Waals surface area contributed by atoms with Gasteiger partial charge in [-0.25, -0.2) is 9.91 Å². The maximum atomic E-state index is 10.8. The lowest BCUT2D eigenvalue weighted by molar-refractivity contribution is -0.573. The highest BCUT2D eigenvalue weighted by molar-refractivity contribution is 6.67. The van der Waals surface area contributed by atoms with Gasteiger partial charge in [-0.1, -0.05) is 34.8 Å². The van der Waals surface area contributed by atoms with E-state index >= 15 is 0 Å². The number of nitrogens with zero attached hydrogens (tertiary/aromatic N) is 4. The first-order valence-electron chi connectivity index (χ1n) is 4.06. The molecule has 1 aliphatic heterocycles. The van der Waals surface area contributed by atoms with Crippen molar-refractivity contribution < 1.29 is 4.92 Å². The van der Waals surface area contributed by atoms with Crippen molar-refractivity contribution in [2.45, 2.75) is 30.1 Å². The Balaban J connectivity index is 2.95. The molecule has 0 saturated heterocycles. The molecule has 0 bridgehead atoms. The molecule has 0 aromatic carbocycles. The lowest BCUT2D eigenvalue weighted by Crippen LogP contribution is -2.52. The molecular weight excluding hydrogens is 266 g/mol. The maximum Gasteiger partial charge on any atom is 0.387 e. The summed E-state index contributed by atoms with van der Waals surface area (Å²) in [7, 11) is 0. The largest absolute Gasteiger partial charge is 0.387 e. The first-order chi connectivity index (χ1) is 6.75. The Morgan fingerprint density at radius 2 is 2.07 bits per heavy atom. The Labute approximate surface area is 102 Å². The van der Waals surface area contributed by atoms with Crippen molar-refractivity contribution in [3.63, 3.8) is 0 Å². The lowest BCUT2D eigenvalue weighted by atomic mass is 10.4. The van der Waals surface area contributed by atoms with Crippen LogP contribution in [0.15, 0.2) is 5.10 Å². The third-order valence-corrected chi connectivity index (χ3v) is 2.39. The molecule has 0 aromatic heterocycles. The number of alkyl halides is 3. The number of rotatable bonds is 2. The molecule has 0 fully saturated rings. The molecule has 1 heterocycles. The van der Waals surface area contributed by atoms with Crippen LogP contribution in [0, 0.1) is 10.1 Å². The summed E-state index contributed by atoms with van der Waals surface area (Å²) in [6, 6.07) is -0.158. The van der Waals surface area contributed by atoms with Crippen LogP contribution in [0.25, 0.3) is 0 Å². The van der Waals surface area contributed by atoms with Crippen LogP contribution in [0.4, 0.5) is 0 Å². The van der Waals surface area contributed by atoms with E-state index in [4.69, 9.17) is 34.8 Å². The third kappa shape index (κ3) is 2.56. The summed E-state index contributed by atoms with van der Waals surface area (Å²) in [6.07, 6.45) is -0.127. The van der Waals surface area contributed by atoms with Crippen LogP contribution in [0.1, 0.15) is 13.8 Å². The van der Waals surface area contributed by atoms with Gasteiger partial charge in [-0.2, -0.15) is 5.10 Å². The topological polar surface area (TPSA) is 62.0 Å². The summed E-state index contributed by atoms with van der Waals surface area (Å²) in [5.41, 5.74) is 0. The Morgan fingerprint density at radius 1 is 1.53 bits per heavy atom. The van der Waals surface area contributed by atoms with Crippen LogP contribution in [0.5, 0.6) is 0 Å². The van der Waals surface area contributed by atoms with Crippen molar-refractivity contribution in [1.82, 2.24) is 9.91 Å². The lowest BCUT2D eigenvalue weighted by Gasteiger charge is -2.29. The Morgan fingerprint density at radius 3 is 2.40 bits per heavy atom. The van der Waals surface area contributed by atoms with Crippen molar-refractivity contribution in [2.24, 2.45) is 5.10 Å². The minimum Gasteiger partial charge on any atom is -0.261 e. The highest BCUT2D eigenvalue weighted by Crippen LogP contribution is 2.35. The standard InChI is InChI=1S/C6H9Cl3N4O2/c1-4(2)12-5(13(14)15)11(3-10-12)6(7,8)9/h3-5H,1-2H3. The van der Waals surface area contributed by atoms with Crippen molar-refractivity contribution in [3.8, 4) is 0 Å². The number of hydrazone groups is 1. The average Bonchev–Trinajstić information content (AvgIpc) is 2.45. The van der Waals surface area contributed by atoms with Gasteiger partial charge in [-0.15, -0.1) is 0 Å². The van der Waals surface area contributed by atoms with E-state index < -0.39 is 15.1 Å². The maximum absolute atomic E-state index is 10.8. The van der Waals surface area contributed by atoms with E-state index in [1.54, 1.807) is 13.8 Å². The van der Waals surface area contributed by atoms with Crippen LogP contribution in [0.3, 0.4) is 0 Å². The quantitative estimate of drug-likeness (QED) is 0.334. The Hall–Kier alpha value is -0.460. The Kier molecular flexibility index (Phi) is 3.52. The number of hydrogen-bond donors (Lipinski definition) is 0. The van der Waals surface area contributed by atoms with E-state index in [2.05, 4.69) is 5.10 Å². The van der Waals surface area contributed by atoms with E-state index in [1.165, 1.54) is 5.01 Å². The fraction of sp³-hybridized carbons (Fsp3) is 0.833.